The smallest absolute Gasteiger partial charge is 0.319 e. The average Bonchev–Trinajstić information content (AvgIpc) is 2.46. The lowest BCUT2D eigenvalue weighted by atomic mass is 10.00. The third-order valence-electron chi connectivity index (χ3n) is 3.87. The molecule has 1 aromatic heterocycles. The first-order chi connectivity index (χ1) is 9.16. The highest BCUT2D eigenvalue weighted by Crippen LogP contribution is 2.17. The van der Waals surface area contributed by atoms with Crippen LogP contribution in [0.4, 0.5) is 4.79 Å². The molecule has 1 aliphatic rings. The molecule has 2 heterocycles. The Morgan fingerprint density at radius 1 is 1.37 bits per heavy atom. The minimum Gasteiger partial charge on any atom is -0.327 e. The molecule has 4 heteroatoms. The molecule has 1 fully saturated rings. The van der Waals surface area contributed by atoms with E-state index in [1.165, 1.54) is 5.56 Å². The van der Waals surface area contributed by atoms with Gasteiger partial charge in [0.25, 0.3) is 0 Å². The van der Waals surface area contributed by atoms with Crippen LogP contribution in [0.15, 0.2) is 24.5 Å². The molecule has 0 radical (unpaired) electrons. The van der Waals surface area contributed by atoms with Crippen molar-refractivity contribution in [2.75, 3.05) is 26.7 Å². The van der Waals surface area contributed by atoms with E-state index >= 15 is 0 Å². The first kappa shape index (κ1) is 13.8. The minimum atomic E-state index is 0.168. The van der Waals surface area contributed by atoms with Gasteiger partial charge in [0.1, 0.15) is 0 Å². The van der Waals surface area contributed by atoms with Crippen LogP contribution in [0.5, 0.6) is 0 Å². The van der Waals surface area contributed by atoms with Crippen LogP contribution in [0.3, 0.4) is 0 Å². The molecule has 0 saturated carbocycles. The lowest BCUT2D eigenvalue weighted by Crippen LogP contribution is -2.45. The lowest BCUT2D eigenvalue weighted by molar-refractivity contribution is 0.143. The number of carbonyl (C=O) groups is 1. The Labute approximate surface area is 115 Å². The first-order valence-electron chi connectivity index (χ1n) is 7.06. The van der Waals surface area contributed by atoms with Crippen molar-refractivity contribution in [3.63, 3.8) is 0 Å². The van der Waals surface area contributed by atoms with Gasteiger partial charge in [-0.1, -0.05) is 6.92 Å². The normalized spacial score (nSPS) is 16.4. The molecule has 0 aliphatic carbocycles. The zero-order valence-corrected chi connectivity index (χ0v) is 11.9. The van der Waals surface area contributed by atoms with Crippen molar-refractivity contribution in [3.05, 3.63) is 30.1 Å². The van der Waals surface area contributed by atoms with Crippen LogP contribution in [-0.4, -0.2) is 47.5 Å². The van der Waals surface area contributed by atoms with Gasteiger partial charge in [0.15, 0.2) is 0 Å². The van der Waals surface area contributed by atoms with E-state index in [1.54, 1.807) is 12.4 Å². The van der Waals surface area contributed by atoms with E-state index in [0.717, 1.165) is 44.8 Å². The molecule has 2 rings (SSSR count). The van der Waals surface area contributed by atoms with Gasteiger partial charge in [-0.3, -0.25) is 4.98 Å². The van der Waals surface area contributed by atoms with Crippen molar-refractivity contribution in [1.29, 1.82) is 0 Å². The minimum absolute atomic E-state index is 0.168. The molecule has 0 atom stereocenters. The van der Waals surface area contributed by atoms with Crippen LogP contribution < -0.4 is 0 Å². The SMILES string of the molecule is CC1CCN(C(=O)N(C)CCc2ccncc2)CC1. The van der Waals surface area contributed by atoms with Crippen molar-refractivity contribution in [2.24, 2.45) is 5.92 Å². The van der Waals surface area contributed by atoms with Crippen molar-refractivity contribution in [3.8, 4) is 0 Å². The molecule has 1 aromatic rings. The molecular weight excluding hydrogens is 238 g/mol. The van der Waals surface area contributed by atoms with Crippen LogP contribution >= 0.6 is 0 Å². The van der Waals surface area contributed by atoms with E-state index in [9.17, 15) is 4.79 Å². The fourth-order valence-corrected chi connectivity index (χ4v) is 2.38. The number of aromatic nitrogens is 1. The van der Waals surface area contributed by atoms with E-state index in [-0.39, 0.29) is 6.03 Å². The molecule has 19 heavy (non-hydrogen) atoms. The maximum absolute atomic E-state index is 12.3. The van der Waals surface area contributed by atoms with E-state index in [0.29, 0.717) is 0 Å². The van der Waals surface area contributed by atoms with Gasteiger partial charge in [0, 0.05) is 39.1 Å². The Balaban J connectivity index is 1.79. The van der Waals surface area contributed by atoms with Crippen LogP contribution in [-0.2, 0) is 6.42 Å². The molecule has 1 saturated heterocycles. The van der Waals surface area contributed by atoms with E-state index in [1.807, 2.05) is 29.0 Å². The lowest BCUT2D eigenvalue weighted by Gasteiger charge is -2.33. The molecule has 2 amide bonds. The van der Waals surface area contributed by atoms with Gasteiger partial charge in [-0.15, -0.1) is 0 Å². The standard InChI is InChI=1S/C15H23N3O/c1-13-5-11-18(12-6-13)15(19)17(2)10-7-14-3-8-16-9-4-14/h3-4,8-9,13H,5-7,10-12H2,1-2H3. The number of urea groups is 1. The summed E-state index contributed by atoms with van der Waals surface area (Å²) in [5, 5.41) is 0. The van der Waals surface area contributed by atoms with Gasteiger partial charge in [-0.2, -0.15) is 0 Å². The van der Waals surface area contributed by atoms with Crippen molar-refractivity contribution in [1.82, 2.24) is 14.8 Å². The molecule has 0 N–H and O–H groups in total. The molecule has 0 bridgehead atoms. The van der Waals surface area contributed by atoms with Gasteiger partial charge in [0.05, 0.1) is 0 Å². The summed E-state index contributed by atoms with van der Waals surface area (Å²) in [7, 11) is 1.89. The van der Waals surface area contributed by atoms with Crippen LogP contribution in [0.2, 0.25) is 0 Å². The Kier molecular flexibility index (Phi) is 4.77. The number of hydrogen-bond donors (Lipinski definition) is 0. The zero-order chi connectivity index (χ0) is 13.7. The van der Waals surface area contributed by atoms with Crippen molar-refractivity contribution < 1.29 is 4.79 Å². The number of likely N-dealkylation sites (tertiary alicyclic amines) is 1. The highest BCUT2D eigenvalue weighted by atomic mass is 16.2. The quantitative estimate of drug-likeness (QED) is 0.837. The number of rotatable bonds is 3. The fourth-order valence-electron chi connectivity index (χ4n) is 2.38. The summed E-state index contributed by atoms with van der Waals surface area (Å²) >= 11 is 0. The molecule has 1 aliphatic heterocycles. The summed E-state index contributed by atoms with van der Waals surface area (Å²) in [6.07, 6.45) is 6.73. The maximum atomic E-state index is 12.3. The number of piperidine rings is 1. The average molecular weight is 261 g/mol. The van der Waals surface area contributed by atoms with Crippen LogP contribution in [0.1, 0.15) is 25.3 Å². The largest absolute Gasteiger partial charge is 0.327 e. The molecular formula is C15H23N3O. The molecule has 104 valence electrons. The second-order valence-electron chi connectivity index (χ2n) is 5.48. The number of carbonyl (C=O) groups excluding carboxylic acids is 1. The van der Waals surface area contributed by atoms with Gasteiger partial charge in [-0.05, 0) is 42.9 Å². The van der Waals surface area contributed by atoms with Gasteiger partial charge >= 0.3 is 6.03 Å². The first-order valence-corrected chi connectivity index (χ1v) is 7.06. The molecule has 0 spiro atoms. The second kappa shape index (κ2) is 6.55. The molecule has 0 unspecified atom stereocenters. The fraction of sp³-hybridized carbons (Fsp3) is 0.600. The zero-order valence-electron chi connectivity index (χ0n) is 11.9. The topological polar surface area (TPSA) is 36.4 Å². The summed E-state index contributed by atoms with van der Waals surface area (Å²) < 4.78 is 0. The number of nitrogens with zero attached hydrogens (tertiary/aromatic N) is 3. The van der Waals surface area contributed by atoms with Gasteiger partial charge in [0.2, 0.25) is 0 Å². The number of amides is 2. The Morgan fingerprint density at radius 3 is 2.63 bits per heavy atom. The summed E-state index contributed by atoms with van der Waals surface area (Å²) in [5.41, 5.74) is 1.22. The van der Waals surface area contributed by atoms with Gasteiger partial charge < -0.3 is 9.80 Å². The number of pyridine rings is 1. The van der Waals surface area contributed by atoms with Crippen molar-refractivity contribution in [2.45, 2.75) is 26.2 Å². The maximum Gasteiger partial charge on any atom is 0.319 e. The predicted octanol–water partition coefficient (Wildman–Crippen LogP) is 2.41. The monoisotopic (exact) mass is 261 g/mol. The Hall–Kier alpha value is -1.58. The third-order valence-corrected chi connectivity index (χ3v) is 3.87. The predicted molar refractivity (Wildman–Crippen MR) is 75.9 cm³/mol. The van der Waals surface area contributed by atoms with E-state index in [2.05, 4.69) is 11.9 Å². The van der Waals surface area contributed by atoms with Crippen molar-refractivity contribution >= 4 is 6.03 Å². The summed E-state index contributed by atoms with van der Waals surface area (Å²) in [6.45, 7) is 4.82. The highest BCUT2D eigenvalue weighted by Gasteiger charge is 2.22. The van der Waals surface area contributed by atoms with Crippen LogP contribution in [0, 0.1) is 5.92 Å². The van der Waals surface area contributed by atoms with E-state index in [4.69, 9.17) is 0 Å². The summed E-state index contributed by atoms with van der Waals surface area (Å²) in [5.74, 6) is 0.756. The molecule has 0 aromatic carbocycles. The van der Waals surface area contributed by atoms with Gasteiger partial charge in [-0.25, -0.2) is 4.79 Å². The third kappa shape index (κ3) is 3.94. The summed E-state index contributed by atoms with van der Waals surface area (Å²) in [4.78, 5) is 20.1. The number of likely N-dealkylation sites (N-methyl/N-ethyl adjacent to an activating group) is 1. The summed E-state index contributed by atoms with van der Waals surface area (Å²) in [6, 6.07) is 4.17. The Morgan fingerprint density at radius 2 is 2.00 bits per heavy atom. The number of hydrogen-bond acceptors (Lipinski definition) is 2. The second-order valence-corrected chi connectivity index (χ2v) is 5.48. The molecule has 4 nitrogen and oxygen atoms in total. The van der Waals surface area contributed by atoms with Crippen LogP contribution in [0.25, 0.3) is 0 Å². The Bertz CT molecular complexity index is 399. The van der Waals surface area contributed by atoms with E-state index < -0.39 is 0 Å². The highest BCUT2D eigenvalue weighted by molar-refractivity contribution is 5.74.